The van der Waals surface area contributed by atoms with E-state index in [1.54, 1.807) is 16.7 Å². The van der Waals surface area contributed by atoms with Crippen LogP contribution in [0.1, 0.15) is 35.0 Å². The van der Waals surface area contributed by atoms with E-state index < -0.39 is 0 Å². The first-order chi connectivity index (χ1) is 11.5. The maximum Gasteiger partial charge on any atom is 0.266 e. The average Bonchev–Trinajstić information content (AvgIpc) is 3.01. The Morgan fingerprint density at radius 1 is 1.33 bits per heavy atom. The van der Waals surface area contributed by atoms with Gasteiger partial charge < -0.3 is 4.90 Å². The lowest BCUT2D eigenvalue weighted by molar-refractivity contribution is 0.0702. The number of pyridine rings is 1. The second kappa shape index (κ2) is 5.70. The first-order valence-corrected chi connectivity index (χ1v) is 9.07. The molecule has 0 radical (unpaired) electrons. The standard InChI is InChI=1S/C18H19N3O2S/c1-11-5-8-20(9-6-11)18(23)14-10-13-16(24-14)19-15-12(2)4-3-7-21(15)17(13)22/h3-4,7,10-11H,5-6,8-9H2,1-2H3. The van der Waals surface area contributed by atoms with Crippen molar-refractivity contribution in [2.75, 3.05) is 13.1 Å². The Labute approximate surface area is 143 Å². The number of rotatable bonds is 1. The number of hydrogen-bond donors (Lipinski definition) is 0. The van der Waals surface area contributed by atoms with Crippen molar-refractivity contribution in [1.29, 1.82) is 0 Å². The number of amides is 1. The number of thiophene rings is 1. The lowest BCUT2D eigenvalue weighted by atomic mass is 9.99. The van der Waals surface area contributed by atoms with Crippen LogP contribution in [-0.4, -0.2) is 33.3 Å². The van der Waals surface area contributed by atoms with E-state index in [0.29, 0.717) is 26.7 Å². The normalized spacial score (nSPS) is 16.2. The van der Waals surface area contributed by atoms with Gasteiger partial charge in [-0.1, -0.05) is 13.0 Å². The Morgan fingerprint density at radius 3 is 2.83 bits per heavy atom. The summed E-state index contributed by atoms with van der Waals surface area (Å²) < 4.78 is 1.56. The molecule has 5 nitrogen and oxygen atoms in total. The molecule has 1 amide bonds. The summed E-state index contributed by atoms with van der Waals surface area (Å²) >= 11 is 1.32. The van der Waals surface area contributed by atoms with Crippen LogP contribution < -0.4 is 5.56 Å². The van der Waals surface area contributed by atoms with Crippen molar-refractivity contribution in [3.05, 3.63) is 45.2 Å². The van der Waals surface area contributed by atoms with Gasteiger partial charge in [0.25, 0.3) is 11.5 Å². The Hall–Kier alpha value is -2.21. The number of nitrogens with zero attached hydrogens (tertiary/aromatic N) is 3. The van der Waals surface area contributed by atoms with Crippen LogP contribution in [0, 0.1) is 12.8 Å². The fourth-order valence-corrected chi connectivity index (χ4v) is 4.22. The van der Waals surface area contributed by atoms with Gasteiger partial charge in [-0.15, -0.1) is 11.3 Å². The number of carbonyl (C=O) groups excluding carboxylic acids is 1. The summed E-state index contributed by atoms with van der Waals surface area (Å²) in [5, 5.41) is 0.525. The molecule has 0 unspecified atom stereocenters. The van der Waals surface area contributed by atoms with Crippen LogP contribution in [-0.2, 0) is 0 Å². The number of carbonyl (C=O) groups is 1. The van der Waals surface area contributed by atoms with Gasteiger partial charge in [0.05, 0.1) is 10.3 Å². The van der Waals surface area contributed by atoms with Crippen LogP contribution in [0.4, 0.5) is 0 Å². The molecule has 3 aromatic heterocycles. The van der Waals surface area contributed by atoms with Gasteiger partial charge in [-0.3, -0.25) is 14.0 Å². The van der Waals surface area contributed by atoms with Gasteiger partial charge in [-0.05, 0) is 43.4 Å². The fourth-order valence-electron chi connectivity index (χ4n) is 3.23. The van der Waals surface area contributed by atoms with E-state index in [-0.39, 0.29) is 11.5 Å². The van der Waals surface area contributed by atoms with E-state index >= 15 is 0 Å². The molecule has 6 heteroatoms. The monoisotopic (exact) mass is 341 g/mol. The number of hydrogen-bond acceptors (Lipinski definition) is 4. The van der Waals surface area contributed by atoms with E-state index in [2.05, 4.69) is 11.9 Å². The molecule has 0 bridgehead atoms. The third-order valence-corrected chi connectivity index (χ3v) is 5.83. The van der Waals surface area contributed by atoms with Gasteiger partial charge in [0.1, 0.15) is 10.5 Å². The number of piperidine rings is 1. The lowest BCUT2D eigenvalue weighted by Gasteiger charge is -2.29. The summed E-state index contributed by atoms with van der Waals surface area (Å²) in [5.74, 6) is 0.700. The van der Waals surface area contributed by atoms with Crippen molar-refractivity contribution in [3.8, 4) is 0 Å². The van der Waals surface area contributed by atoms with Crippen LogP contribution in [0.3, 0.4) is 0 Å². The van der Waals surface area contributed by atoms with Crippen molar-refractivity contribution < 1.29 is 4.79 Å². The highest BCUT2D eigenvalue weighted by Crippen LogP contribution is 2.26. The molecular formula is C18H19N3O2S. The van der Waals surface area contributed by atoms with Crippen LogP contribution in [0.25, 0.3) is 15.9 Å². The predicted octanol–water partition coefficient (Wildman–Crippen LogP) is 3.09. The van der Waals surface area contributed by atoms with Gasteiger partial charge >= 0.3 is 0 Å². The number of aryl methyl sites for hydroxylation is 1. The zero-order chi connectivity index (χ0) is 16.8. The molecule has 4 heterocycles. The molecule has 1 saturated heterocycles. The lowest BCUT2D eigenvalue weighted by Crippen LogP contribution is -2.37. The van der Waals surface area contributed by atoms with E-state index in [1.165, 1.54) is 11.3 Å². The van der Waals surface area contributed by atoms with Gasteiger partial charge in [0, 0.05) is 19.3 Å². The SMILES string of the molecule is Cc1cccn2c(=O)c3cc(C(=O)N4CCC(C)CC4)sc3nc12. The molecule has 24 heavy (non-hydrogen) atoms. The molecule has 0 spiro atoms. The first-order valence-electron chi connectivity index (χ1n) is 8.25. The zero-order valence-electron chi connectivity index (χ0n) is 13.8. The second-order valence-corrected chi connectivity index (χ2v) is 7.64. The Bertz CT molecular complexity index is 997. The molecule has 0 aromatic carbocycles. The number of fused-ring (bicyclic) bond motifs is 2. The summed E-state index contributed by atoms with van der Waals surface area (Å²) in [5.41, 5.74) is 1.49. The average molecular weight is 341 g/mol. The van der Waals surface area contributed by atoms with Gasteiger partial charge in [0.2, 0.25) is 0 Å². The maximum atomic E-state index is 12.7. The summed E-state index contributed by atoms with van der Waals surface area (Å²) in [6.07, 6.45) is 3.81. The van der Waals surface area contributed by atoms with Crippen LogP contribution >= 0.6 is 11.3 Å². The minimum absolute atomic E-state index is 0.0232. The van der Waals surface area contributed by atoms with Gasteiger partial charge in [0.15, 0.2) is 0 Å². The quantitative estimate of drug-likeness (QED) is 0.683. The van der Waals surface area contributed by atoms with Crippen LogP contribution in [0.15, 0.2) is 29.2 Å². The summed E-state index contributed by atoms with van der Waals surface area (Å²) in [7, 11) is 0. The van der Waals surface area contributed by atoms with E-state index in [0.717, 1.165) is 31.5 Å². The van der Waals surface area contributed by atoms with Crippen LogP contribution in [0.2, 0.25) is 0 Å². The molecule has 0 atom stereocenters. The van der Waals surface area contributed by atoms with Crippen molar-refractivity contribution in [2.24, 2.45) is 5.92 Å². The summed E-state index contributed by atoms with van der Waals surface area (Å²) in [6.45, 7) is 5.74. The minimum atomic E-state index is -0.110. The summed E-state index contributed by atoms with van der Waals surface area (Å²) in [6, 6.07) is 5.48. The minimum Gasteiger partial charge on any atom is -0.338 e. The highest BCUT2D eigenvalue weighted by molar-refractivity contribution is 7.20. The molecule has 0 saturated carbocycles. The number of likely N-dealkylation sites (tertiary alicyclic amines) is 1. The van der Waals surface area contributed by atoms with Gasteiger partial charge in [-0.25, -0.2) is 4.98 Å². The number of aromatic nitrogens is 2. The van der Waals surface area contributed by atoms with Crippen molar-refractivity contribution in [3.63, 3.8) is 0 Å². The Balaban J connectivity index is 1.79. The maximum absolute atomic E-state index is 12.7. The highest BCUT2D eigenvalue weighted by Gasteiger charge is 2.24. The molecule has 0 aliphatic carbocycles. The molecule has 124 valence electrons. The molecule has 1 fully saturated rings. The van der Waals surface area contributed by atoms with Crippen molar-refractivity contribution in [2.45, 2.75) is 26.7 Å². The van der Waals surface area contributed by atoms with Crippen molar-refractivity contribution in [1.82, 2.24) is 14.3 Å². The zero-order valence-corrected chi connectivity index (χ0v) is 14.6. The first kappa shape index (κ1) is 15.3. The second-order valence-electron chi connectivity index (χ2n) is 6.61. The van der Waals surface area contributed by atoms with E-state index in [9.17, 15) is 9.59 Å². The molecular weight excluding hydrogens is 322 g/mol. The smallest absolute Gasteiger partial charge is 0.266 e. The van der Waals surface area contributed by atoms with Gasteiger partial charge in [-0.2, -0.15) is 0 Å². The van der Waals surface area contributed by atoms with Crippen LogP contribution in [0.5, 0.6) is 0 Å². The predicted molar refractivity (Wildman–Crippen MR) is 95.9 cm³/mol. The molecule has 4 rings (SSSR count). The topological polar surface area (TPSA) is 54.7 Å². The highest BCUT2D eigenvalue weighted by atomic mass is 32.1. The third kappa shape index (κ3) is 2.41. The molecule has 1 aliphatic rings. The van der Waals surface area contributed by atoms with E-state index in [4.69, 9.17) is 0 Å². The molecule has 0 N–H and O–H groups in total. The van der Waals surface area contributed by atoms with Crippen molar-refractivity contribution >= 4 is 33.1 Å². The largest absolute Gasteiger partial charge is 0.338 e. The third-order valence-electron chi connectivity index (χ3n) is 4.81. The van der Waals surface area contributed by atoms with E-state index in [1.807, 2.05) is 24.0 Å². The fraction of sp³-hybridized carbons (Fsp3) is 0.389. The molecule has 3 aromatic rings. The Morgan fingerprint density at radius 2 is 2.08 bits per heavy atom. The summed E-state index contributed by atoms with van der Waals surface area (Å²) in [4.78, 5) is 33.2. The molecule has 1 aliphatic heterocycles. The Kier molecular flexibility index (Phi) is 3.64.